The number of hydrogen-bond donors (Lipinski definition) is 3. The SMILES string of the molecule is CC(C)(C)CC(N)CC(=O)NC1(C(=O)O)CCCCC1. The monoisotopic (exact) mass is 284 g/mol. The molecule has 1 saturated carbocycles. The molecule has 0 aromatic rings. The second-order valence-corrected chi connectivity index (χ2v) is 7.23. The Morgan fingerprint density at radius 3 is 2.25 bits per heavy atom. The maximum absolute atomic E-state index is 12.1. The molecule has 1 unspecified atom stereocenters. The Balaban J connectivity index is 2.57. The van der Waals surface area contributed by atoms with E-state index in [4.69, 9.17) is 5.73 Å². The predicted octanol–water partition coefficient (Wildman–Crippen LogP) is 2.04. The number of aliphatic carboxylic acids is 1. The number of carboxylic acid groups (broad SMARTS) is 1. The zero-order valence-corrected chi connectivity index (χ0v) is 12.9. The minimum Gasteiger partial charge on any atom is -0.480 e. The molecule has 20 heavy (non-hydrogen) atoms. The first-order valence-corrected chi connectivity index (χ1v) is 7.45. The summed E-state index contributed by atoms with van der Waals surface area (Å²) in [6.45, 7) is 6.22. The van der Waals surface area contributed by atoms with Crippen LogP contribution in [0, 0.1) is 5.41 Å². The lowest BCUT2D eigenvalue weighted by Crippen LogP contribution is -2.56. The van der Waals surface area contributed by atoms with Crippen molar-refractivity contribution < 1.29 is 14.7 Å². The van der Waals surface area contributed by atoms with E-state index in [1.165, 1.54) is 0 Å². The first-order valence-electron chi connectivity index (χ1n) is 7.45. The van der Waals surface area contributed by atoms with Gasteiger partial charge >= 0.3 is 5.97 Å². The molecule has 0 bridgehead atoms. The van der Waals surface area contributed by atoms with E-state index >= 15 is 0 Å². The normalized spacial score (nSPS) is 20.2. The Kier molecular flexibility index (Phi) is 5.57. The number of amides is 1. The Labute approximate surface area is 121 Å². The molecular formula is C15H28N2O3. The summed E-state index contributed by atoms with van der Waals surface area (Å²) in [7, 11) is 0. The summed E-state index contributed by atoms with van der Waals surface area (Å²) >= 11 is 0. The van der Waals surface area contributed by atoms with Crippen LogP contribution in [0.4, 0.5) is 0 Å². The smallest absolute Gasteiger partial charge is 0.329 e. The molecule has 0 aromatic carbocycles. The van der Waals surface area contributed by atoms with Gasteiger partial charge in [-0.15, -0.1) is 0 Å². The van der Waals surface area contributed by atoms with Crippen molar-refractivity contribution in [2.24, 2.45) is 11.1 Å². The Morgan fingerprint density at radius 2 is 1.80 bits per heavy atom. The number of rotatable bonds is 5. The fourth-order valence-electron chi connectivity index (χ4n) is 2.96. The Morgan fingerprint density at radius 1 is 1.25 bits per heavy atom. The highest BCUT2D eigenvalue weighted by Gasteiger charge is 2.41. The fraction of sp³-hybridized carbons (Fsp3) is 0.867. The summed E-state index contributed by atoms with van der Waals surface area (Å²) in [5.74, 6) is -1.17. The van der Waals surface area contributed by atoms with Crippen molar-refractivity contribution in [1.29, 1.82) is 0 Å². The van der Waals surface area contributed by atoms with Gasteiger partial charge in [-0.3, -0.25) is 4.79 Å². The quantitative estimate of drug-likeness (QED) is 0.720. The number of hydrogen-bond acceptors (Lipinski definition) is 3. The van der Waals surface area contributed by atoms with Gasteiger partial charge in [0.05, 0.1) is 0 Å². The van der Waals surface area contributed by atoms with Crippen LogP contribution in [-0.2, 0) is 9.59 Å². The maximum atomic E-state index is 12.1. The highest BCUT2D eigenvalue weighted by molar-refractivity contribution is 5.87. The predicted molar refractivity (Wildman–Crippen MR) is 78.3 cm³/mol. The summed E-state index contributed by atoms with van der Waals surface area (Å²) in [6.07, 6.45) is 4.69. The summed E-state index contributed by atoms with van der Waals surface area (Å²) < 4.78 is 0. The number of carboxylic acids is 1. The van der Waals surface area contributed by atoms with Gasteiger partial charge in [-0.05, 0) is 24.7 Å². The van der Waals surface area contributed by atoms with Crippen LogP contribution >= 0.6 is 0 Å². The Bertz CT molecular complexity index is 355. The van der Waals surface area contributed by atoms with Gasteiger partial charge in [-0.1, -0.05) is 40.0 Å². The van der Waals surface area contributed by atoms with Gasteiger partial charge in [0.15, 0.2) is 0 Å². The molecule has 0 spiro atoms. The molecule has 1 fully saturated rings. The molecule has 116 valence electrons. The van der Waals surface area contributed by atoms with E-state index in [-0.39, 0.29) is 23.8 Å². The minimum atomic E-state index is -1.07. The average Bonchev–Trinajstić information content (AvgIpc) is 2.26. The second kappa shape index (κ2) is 6.57. The molecule has 0 aromatic heterocycles. The van der Waals surface area contributed by atoms with E-state index in [9.17, 15) is 14.7 Å². The van der Waals surface area contributed by atoms with Gasteiger partial charge in [0.1, 0.15) is 5.54 Å². The molecule has 5 nitrogen and oxygen atoms in total. The molecule has 4 N–H and O–H groups in total. The van der Waals surface area contributed by atoms with Gasteiger partial charge < -0.3 is 16.2 Å². The molecule has 5 heteroatoms. The molecule has 1 aliphatic carbocycles. The van der Waals surface area contributed by atoms with E-state index in [0.717, 1.165) is 25.7 Å². The number of nitrogens with one attached hydrogen (secondary N) is 1. The van der Waals surface area contributed by atoms with Crippen molar-refractivity contribution in [1.82, 2.24) is 5.32 Å². The molecule has 1 atom stereocenters. The first kappa shape index (κ1) is 17.0. The van der Waals surface area contributed by atoms with Crippen molar-refractivity contribution in [3.05, 3.63) is 0 Å². The summed E-state index contributed by atoms with van der Waals surface area (Å²) in [5.41, 5.74) is 4.97. The zero-order chi connectivity index (χ0) is 15.4. The van der Waals surface area contributed by atoms with Gasteiger partial charge in [0.2, 0.25) is 5.91 Å². The molecule has 0 radical (unpaired) electrons. The van der Waals surface area contributed by atoms with Crippen LogP contribution in [0.25, 0.3) is 0 Å². The van der Waals surface area contributed by atoms with E-state index in [0.29, 0.717) is 12.8 Å². The van der Waals surface area contributed by atoms with Crippen LogP contribution in [0.5, 0.6) is 0 Å². The third kappa shape index (κ3) is 5.12. The molecule has 1 rings (SSSR count). The lowest BCUT2D eigenvalue weighted by Gasteiger charge is -2.34. The highest BCUT2D eigenvalue weighted by atomic mass is 16.4. The molecule has 0 saturated heterocycles. The van der Waals surface area contributed by atoms with Gasteiger partial charge in [-0.25, -0.2) is 4.79 Å². The standard InChI is InChI=1S/C15H28N2O3/c1-14(2,3)10-11(16)9-12(18)17-15(13(19)20)7-5-4-6-8-15/h11H,4-10,16H2,1-3H3,(H,17,18)(H,19,20). The average molecular weight is 284 g/mol. The minimum absolute atomic E-state index is 0.0645. The number of carbonyl (C=O) groups is 2. The third-order valence-electron chi connectivity index (χ3n) is 3.82. The van der Waals surface area contributed by atoms with Crippen LogP contribution in [-0.4, -0.2) is 28.6 Å². The van der Waals surface area contributed by atoms with Gasteiger partial charge in [0.25, 0.3) is 0 Å². The van der Waals surface area contributed by atoms with Crippen molar-refractivity contribution >= 4 is 11.9 Å². The molecule has 1 amide bonds. The van der Waals surface area contributed by atoms with E-state index in [1.54, 1.807) is 0 Å². The van der Waals surface area contributed by atoms with Crippen molar-refractivity contribution in [2.75, 3.05) is 0 Å². The van der Waals surface area contributed by atoms with Crippen LogP contribution in [0.15, 0.2) is 0 Å². The van der Waals surface area contributed by atoms with E-state index in [1.807, 2.05) is 0 Å². The summed E-state index contributed by atoms with van der Waals surface area (Å²) in [6, 6.07) is -0.232. The topological polar surface area (TPSA) is 92.4 Å². The van der Waals surface area contributed by atoms with E-state index < -0.39 is 11.5 Å². The highest BCUT2D eigenvalue weighted by Crippen LogP contribution is 2.29. The van der Waals surface area contributed by atoms with Crippen LogP contribution in [0.1, 0.15) is 65.7 Å². The summed E-state index contributed by atoms with van der Waals surface area (Å²) in [5, 5.41) is 12.1. The summed E-state index contributed by atoms with van der Waals surface area (Å²) in [4.78, 5) is 23.5. The molecule has 0 heterocycles. The fourth-order valence-corrected chi connectivity index (χ4v) is 2.96. The van der Waals surface area contributed by atoms with Crippen LogP contribution < -0.4 is 11.1 Å². The zero-order valence-electron chi connectivity index (χ0n) is 12.9. The van der Waals surface area contributed by atoms with Gasteiger partial charge in [-0.2, -0.15) is 0 Å². The number of carbonyl (C=O) groups excluding carboxylic acids is 1. The van der Waals surface area contributed by atoms with Crippen molar-refractivity contribution in [3.63, 3.8) is 0 Å². The maximum Gasteiger partial charge on any atom is 0.329 e. The van der Waals surface area contributed by atoms with Crippen molar-refractivity contribution in [3.8, 4) is 0 Å². The molecule has 0 aliphatic heterocycles. The Hall–Kier alpha value is -1.10. The van der Waals surface area contributed by atoms with Crippen LogP contribution in [0.2, 0.25) is 0 Å². The number of nitrogens with two attached hydrogens (primary N) is 1. The molecule has 1 aliphatic rings. The third-order valence-corrected chi connectivity index (χ3v) is 3.82. The lowest BCUT2D eigenvalue weighted by molar-refractivity contribution is -0.149. The molecular weight excluding hydrogens is 256 g/mol. The van der Waals surface area contributed by atoms with Gasteiger partial charge in [0, 0.05) is 12.5 Å². The van der Waals surface area contributed by atoms with Crippen molar-refractivity contribution in [2.45, 2.75) is 77.3 Å². The first-order chi connectivity index (χ1) is 9.15. The second-order valence-electron chi connectivity index (χ2n) is 7.23. The lowest BCUT2D eigenvalue weighted by atomic mass is 9.81. The van der Waals surface area contributed by atoms with Crippen LogP contribution in [0.3, 0.4) is 0 Å². The largest absolute Gasteiger partial charge is 0.480 e. The van der Waals surface area contributed by atoms with E-state index in [2.05, 4.69) is 26.1 Å².